The number of nitrogens with one attached hydrogen (secondary N) is 1. The van der Waals surface area contributed by atoms with Crippen LogP contribution in [-0.2, 0) is 16.0 Å². The molecule has 0 aliphatic carbocycles. The second kappa shape index (κ2) is 7.40. The van der Waals surface area contributed by atoms with E-state index in [2.05, 4.69) is 26.2 Å². The van der Waals surface area contributed by atoms with E-state index in [4.69, 9.17) is 4.74 Å². The van der Waals surface area contributed by atoms with Gasteiger partial charge in [0, 0.05) is 16.3 Å². The van der Waals surface area contributed by atoms with Gasteiger partial charge in [-0.05, 0) is 35.0 Å². The first-order chi connectivity index (χ1) is 9.69. The van der Waals surface area contributed by atoms with E-state index in [0.29, 0.717) is 19.4 Å². The molecule has 1 aromatic heterocycles. The number of anilines is 2. The summed E-state index contributed by atoms with van der Waals surface area (Å²) in [5, 5.41) is 6.02. The van der Waals surface area contributed by atoms with E-state index < -0.39 is 0 Å². The van der Waals surface area contributed by atoms with E-state index in [9.17, 15) is 4.79 Å². The summed E-state index contributed by atoms with van der Waals surface area (Å²) in [7, 11) is 0. The van der Waals surface area contributed by atoms with Crippen molar-refractivity contribution in [1.29, 1.82) is 0 Å². The molecule has 0 aliphatic heterocycles. The predicted molar refractivity (Wildman–Crippen MR) is 84.5 cm³/mol. The molecule has 0 atom stereocenters. The van der Waals surface area contributed by atoms with Crippen molar-refractivity contribution in [2.75, 3.05) is 11.9 Å². The molecule has 2 rings (SSSR count). The van der Waals surface area contributed by atoms with Crippen molar-refractivity contribution in [3.8, 4) is 0 Å². The lowest BCUT2D eigenvalue weighted by molar-refractivity contribution is -0.143. The van der Waals surface area contributed by atoms with Crippen LogP contribution in [0.15, 0.2) is 34.1 Å². The van der Waals surface area contributed by atoms with Gasteiger partial charge < -0.3 is 10.1 Å². The molecule has 1 aromatic carbocycles. The second-order valence-corrected chi connectivity index (χ2v) is 5.77. The Morgan fingerprint density at radius 3 is 3.00 bits per heavy atom. The first-order valence-electron chi connectivity index (χ1n) is 6.30. The number of aromatic nitrogens is 1. The predicted octanol–water partition coefficient (Wildman–Crippen LogP) is 4.14. The number of halogens is 1. The molecule has 0 bridgehead atoms. The van der Waals surface area contributed by atoms with Crippen LogP contribution in [0, 0.1) is 0 Å². The van der Waals surface area contributed by atoms with E-state index in [1.54, 1.807) is 6.92 Å². The van der Waals surface area contributed by atoms with Gasteiger partial charge in [0.1, 0.15) is 0 Å². The third kappa shape index (κ3) is 4.31. The van der Waals surface area contributed by atoms with Crippen molar-refractivity contribution in [2.45, 2.75) is 19.8 Å². The number of esters is 1. The molecular formula is C14H15BrN2O2S. The maximum Gasteiger partial charge on any atom is 0.306 e. The monoisotopic (exact) mass is 354 g/mol. The second-order valence-electron chi connectivity index (χ2n) is 4.05. The summed E-state index contributed by atoms with van der Waals surface area (Å²) in [5.74, 6) is -0.180. The van der Waals surface area contributed by atoms with Crippen molar-refractivity contribution >= 4 is 44.1 Å². The molecule has 1 heterocycles. The standard InChI is InChI=1S/C14H15BrN2O2S/c1-2-19-13(18)8-7-10-9-20-14(16-10)17-12-6-4-3-5-11(12)15/h3-6,9H,2,7-8H2,1H3,(H,16,17). The lowest BCUT2D eigenvalue weighted by Crippen LogP contribution is -2.05. The Hall–Kier alpha value is -1.40. The minimum atomic E-state index is -0.180. The largest absolute Gasteiger partial charge is 0.466 e. The number of hydrogen-bond acceptors (Lipinski definition) is 5. The van der Waals surface area contributed by atoms with Crippen LogP contribution in [0.2, 0.25) is 0 Å². The Bertz CT molecular complexity index is 586. The van der Waals surface area contributed by atoms with Crippen LogP contribution in [0.3, 0.4) is 0 Å². The molecule has 4 nitrogen and oxygen atoms in total. The van der Waals surface area contributed by atoms with E-state index in [-0.39, 0.29) is 5.97 Å². The topological polar surface area (TPSA) is 51.2 Å². The number of benzene rings is 1. The summed E-state index contributed by atoms with van der Waals surface area (Å²) in [6, 6.07) is 7.87. The quantitative estimate of drug-likeness (QED) is 0.791. The molecule has 0 aliphatic rings. The van der Waals surface area contributed by atoms with Crippen LogP contribution in [0.25, 0.3) is 0 Å². The first-order valence-corrected chi connectivity index (χ1v) is 7.98. The molecule has 2 aromatic rings. The third-order valence-electron chi connectivity index (χ3n) is 2.56. The molecule has 1 N–H and O–H groups in total. The van der Waals surface area contributed by atoms with Crippen molar-refractivity contribution < 1.29 is 9.53 Å². The smallest absolute Gasteiger partial charge is 0.306 e. The Morgan fingerprint density at radius 2 is 2.25 bits per heavy atom. The highest BCUT2D eigenvalue weighted by atomic mass is 79.9. The number of ether oxygens (including phenoxy) is 1. The number of carbonyl (C=O) groups is 1. The summed E-state index contributed by atoms with van der Waals surface area (Å²) >= 11 is 5.00. The van der Waals surface area contributed by atoms with Gasteiger partial charge in [-0.25, -0.2) is 4.98 Å². The summed E-state index contributed by atoms with van der Waals surface area (Å²) in [6.07, 6.45) is 0.971. The molecule has 6 heteroatoms. The minimum Gasteiger partial charge on any atom is -0.466 e. The van der Waals surface area contributed by atoms with Gasteiger partial charge in [0.15, 0.2) is 5.13 Å². The number of para-hydroxylation sites is 1. The van der Waals surface area contributed by atoms with Gasteiger partial charge in [0.2, 0.25) is 0 Å². The van der Waals surface area contributed by atoms with Gasteiger partial charge >= 0.3 is 5.97 Å². The lowest BCUT2D eigenvalue weighted by atomic mass is 10.2. The highest BCUT2D eigenvalue weighted by molar-refractivity contribution is 9.10. The molecule has 0 saturated carbocycles. The summed E-state index contributed by atoms with van der Waals surface area (Å²) < 4.78 is 5.89. The van der Waals surface area contributed by atoms with Crippen LogP contribution in [0.1, 0.15) is 19.0 Å². The summed E-state index contributed by atoms with van der Waals surface area (Å²) in [6.45, 7) is 2.23. The highest BCUT2D eigenvalue weighted by Crippen LogP contribution is 2.27. The summed E-state index contributed by atoms with van der Waals surface area (Å²) in [5.41, 5.74) is 1.87. The van der Waals surface area contributed by atoms with Gasteiger partial charge in [-0.1, -0.05) is 12.1 Å². The van der Waals surface area contributed by atoms with Crippen LogP contribution < -0.4 is 5.32 Å². The van der Waals surface area contributed by atoms with Gasteiger partial charge in [-0.3, -0.25) is 4.79 Å². The molecule has 0 unspecified atom stereocenters. The lowest BCUT2D eigenvalue weighted by Gasteiger charge is -2.04. The molecule has 0 saturated heterocycles. The fourth-order valence-corrected chi connectivity index (χ4v) is 2.76. The Labute approximate surface area is 130 Å². The Balaban J connectivity index is 1.92. The fraction of sp³-hybridized carbons (Fsp3) is 0.286. The van der Waals surface area contributed by atoms with Gasteiger partial charge in [0.25, 0.3) is 0 Å². The molecule has 20 heavy (non-hydrogen) atoms. The fourth-order valence-electron chi connectivity index (χ4n) is 1.62. The number of rotatable bonds is 6. The SMILES string of the molecule is CCOC(=O)CCc1csc(Nc2ccccc2Br)n1. The number of hydrogen-bond donors (Lipinski definition) is 1. The van der Waals surface area contributed by atoms with Crippen molar-refractivity contribution in [3.05, 3.63) is 39.8 Å². The average molecular weight is 355 g/mol. The average Bonchev–Trinajstić information content (AvgIpc) is 2.87. The van der Waals surface area contributed by atoms with Gasteiger partial charge in [-0.15, -0.1) is 11.3 Å². The maximum atomic E-state index is 11.3. The highest BCUT2D eigenvalue weighted by Gasteiger charge is 2.07. The molecule has 0 amide bonds. The third-order valence-corrected chi connectivity index (χ3v) is 4.06. The molecule has 106 valence electrons. The zero-order valence-corrected chi connectivity index (χ0v) is 13.5. The van der Waals surface area contributed by atoms with E-state index >= 15 is 0 Å². The Kier molecular flexibility index (Phi) is 5.55. The number of carbonyl (C=O) groups excluding carboxylic acids is 1. The molecule has 0 spiro atoms. The van der Waals surface area contributed by atoms with Crippen LogP contribution in [0.4, 0.5) is 10.8 Å². The van der Waals surface area contributed by atoms with E-state index in [1.807, 2.05) is 29.6 Å². The van der Waals surface area contributed by atoms with Crippen molar-refractivity contribution in [1.82, 2.24) is 4.98 Å². The Morgan fingerprint density at radius 1 is 1.45 bits per heavy atom. The van der Waals surface area contributed by atoms with Gasteiger partial charge in [0.05, 0.1) is 24.4 Å². The van der Waals surface area contributed by atoms with E-state index in [1.165, 1.54) is 11.3 Å². The van der Waals surface area contributed by atoms with Crippen LogP contribution >= 0.6 is 27.3 Å². The number of thiazole rings is 1. The zero-order chi connectivity index (χ0) is 14.4. The first kappa shape index (κ1) is 15.0. The van der Waals surface area contributed by atoms with Crippen molar-refractivity contribution in [2.24, 2.45) is 0 Å². The number of nitrogens with zero attached hydrogens (tertiary/aromatic N) is 1. The molecule has 0 fully saturated rings. The zero-order valence-electron chi connectivity index (χ0n) is 11.1. The van der Waals surface area contributed by atoms with Crippen LogP contribution in [0.5, 0.6) is 0 Å². The molecular weight excluding hydrogens is 340 g/mol. The van der Waals surface area contributed by atoms with E-state index in [0.717, 1.165) is 21.0 Å². The maximum absolute atomic E-state index is 11.3. The number of aryl methyl sites for hydroxylation is 1. The normalized spacial score (nSPS) is 10.3. The minimum absolute atomic E-state index is 0.180. The van der Waals surface area contributed by atoms with Crippen LogP contribution in [-0.4, -0.2) is 17.6 Å². The summed E-state index contributed by atoms with van der Waals surface area (Å²) in [4.78, 5) is 15.7. The molecule has 0 radical (unpaired) electrons. The van der Waals surface area contributed by atoms with Crippen molar-refractivity contribution in [3.63, 3.8) is 0 Å². The van der Waals surface area contributed by atoms with Gasteiger partial charge in [-0.2, -0.15) is 0 Å².